The van der Waals surface area contributed by atoms with Crippen LogP contribution in [0.25, 0.3) is 6.08 Å². The predicted molar refractivity (Wildman–Crippen MR) is 151 cm³/mol. The van der Waals surface area contributed by atoms with Gasteiger partial charge in [0.05, 0.1) is 40.7 Å². The molecule has 0 saturated carbocycles. The third kappa shape index (κ3) is 6.15. The number of halogens is 3. The first kappa shape index (κ1) is 28.8. The van der Waals surface area contributed by atoms with Crippen LogP contribution >= 0.6 is 34.8 Å². The van der Waals surface area contributed by atoms with Crippen molar-refractivity contribution in [3.63, 3.8) is 0 Å². The number of nitrogens with zero attached hydrogens (tertiary/aromatic N) is 1. The van der Waals surface area contributed by atoms with Crippen LogP contribution in [-0.4, -0.2) is 44.6 Å². The van der Waals surface area contributed by atoms with Crippen molar-refractivity contribution in [3.8, 4) is 17.2 Å². The fourth-order valence-electron chi connectivity index (χ4n) is 3.72. The van der Waals surface area contributed by atoms with Crippen molar-refractivity contribution < 1.29 is 33.4 Å². The Bertz CT molecular complexity index is 1560. The summed E-state index contributed by atoms with van der Waals surface area (Å²) in [5.74, 6) is -1.61. The van der Waals surface area contributed by atoms with Gasteiger partial charge in [0, 0.05) is 0 Å². The fourth-order valence-corrected chi connectivity index (χ4v) is 4.28. The number of ether oxygens (including phenoxy) is 3. The second kappa shape index (κ2) is 12.3. The minimum Gasteiger partial charge on any atom is -0.495 e. The number of amides is 5. The monoisotopic (exact) mass is 603 g/mol. The molecule has 206 valence electrons. The molecule has 0 aliphatic carbocycles. The number of carbonyl (C=O) groups is 4. The molecule has 1 fully saturated rings. The molecule has 4 rings (SSSR count). The maximum Gasteiger partial charge on any atom is 0.335 e. The van der Waals surface area contributed by atoms with Crippen LogP contribution in [0.3, 0.4) is 0 Å². The van der Waals surface area contributed by atoms with Crippen LogP contribution in [0.15, 0.2) is 60.2 Å². The summed E-state index contributed by atoms with van der Waals surface area (Å²) >= 11 is 18.4. The predicted octanol–water partition coefficient (Wildman–Crippen LogP) is 5.35. The first-order valence-electron chi connectivity index (χ1n) is 11.4. The van der Waals surface area contributed by atoms with Gasteiger partial charge in [-0.3, -0.25) is 19.7 Å². The second-order valence-electron chi connectivity index (χ2n) is 8.13. The van der Waals surface area contributed by atoms with E-state index in [1.165, 1.54) is 50.6 Å². The molecule has 40 heavy (non-hydrogen) atoms. The maximum atomic E-state index is 13.2. The van der Waals surface area contributed by atoms with Crippen molar-refractivity contribution in [3.05, 3.63) is 80.8 Å². The summed E-state index contributed by atoms with van der Waals surface area (Å²) in [6.07, 6.45) is 1.24. The lowest BCUT2D eigenvalue weighted by molar-refractivity contribution is -0.122. The molecular formula is C27H20Cl3N3O7. The molecule has 2 N–H and O–H groups in total. The van der Waals surface area contributed by atoms with Crippen molar-refractivity contribution in [1.29, 1.82) is 0 Å². The Morgan fingerprint density at radius 1 is 0.925 bits per heavy atom. The largest absolute Gasteiger partial charge is 0.495 e. The van der Waals surface area contributed by atoms with Gasteiger partial charge in [-0.1, -0.05) is 46.9 Å². The van der Waals surface area contributed by atoms with Gasteiger partial charge in [0.2, 0.25) is 0 Å². The number of hydrogen-bond donors (Lipinski definition) is 2. The van der Waals surface area contributed by atoms with E-state index in [9.17, 15) is 19.2 Å². The van der Waals surface area contributed by atoms with Crippen LogP contribution < -0.4 is 29.7 Å². The number of barbiturate groups is 1. The molecule has 0 radical (unpaired) electrons. The average molecular weight is 605 g/mol. The summed E-state index contributed by atoms with van der Waals surface area (Å²) in [5.41, 5.74) is 0.506. The van der Waals surface area contributed by atoms with Gasteiger partial charge in [-0.25, -0.2) is 9.69 Å². The highest BCUT2D eigenvalue weighted by atomic mass is 35.5. The van der Waals surface area contributed by atoms with Crippen molar-refractivity contribution in [2.45, 2.75) is 0 Å². The molecule has 1 heterocycles. The molecule has 1 aliphatic heterocycles. The standard InChI is InChI=1S/C27H20Cl3N3O7/c1-38-21-6-4-3-5-20(21)31-23(34)13-40-24-19(30)10-14(11-22(24)39-2)9-16-25(35)32-27(37)33(26(16)36)15-7-8-17(28)18(29)12-15/h3-12H,13H2,1-2H3,(H,31,34)(H,32,35,37)/b16-9-. The minimum atomic E-state index is -0.948. The zero-order valence-corrected chi connectivity index (χ0v) is 23.2. The highest BCUT2D eigenvalue weighted by molar-refractivity contribution is 6.43. The van der Waals surface area contributed by atoms with Gasteiger partial charge in [-0.05, 0) is 54.1 Å². The van der Waals surface area contributed by atoms with Crippen LogP contribution in [0.1, 0.15) is 5.56 Å². The van der Waals surface area contributed by atoms with Gasteiger partial charge in [-0.2, -0.15) is 0 Å². The number of anilines is 2. The zero-order chi connectivity index (χ0) is 29.0. The lowest BCUT2D eigenvalue weighted by atomic mass is 10.1. The Labute approximate surface area is 243 Å². The van der Waals surface area contributed by atoms with Crippen molar-refractivity contribution in [2.24, 2.45) is 0 Å². The van der Waals surface area contributed by atoms with E-state index in [-0.39, 0.29) is 43.4 Å². The Kier molecular flexibility index (Phi) is 8.83. The fraction of sp³-hybridized carbons (Fsp3) is 0.111. The molecule has 0 atom stereocenters. The van der Waals surface area contributed by atoms with E-state index < -0.39 is 30.4 Å². The molecule has 5 amide bonds. The van der Waals surface area contributed by atoms with Crippen molar-refractivity contribution in [1.82, 2.24) is 5.32 Å². The average Bonchev–Trinajstić information content (AvgIpc) is 2.92. The molecule has 3 aromatic carbocycles. The van der Waals surface area contributed by atoms with E-state index in [2.05, 4.69) is 10.6 Å². The van der Waals surface area contributed by atoms with E-state index in [4.69, 9.17) is 49.0 Å². The normalized spacial score (nSPS) is 14.2. The van der Waals surface area contributed by atoms with Gasteiger partial charge < -0.3 is 19.5 Å². The molecule has 13 heteroatoms. The summed E-state index contributed by atoms with van der Waals surface area (Å²) in [6, 6.07) is 12.9. The van der Waals surface area contributed by atoms with Crippen LogP contribution in [0.5, 0.6) is 17.2 Å². The Balaban J connectivity index is 1.56. The van der Waals surface area contributed by atoms with E-state index in [1.54, 1.807) is 24.3 Å². The quantitative estimate of drug-likeness (QED) is 0.263. The van der Waals surface area contributed by atoms with Gasteiger partial charge in [0.1, 0.15) is 11.3 Å². The Morgan fingerprint density at radius 2 is 1.65 bits per heavy atom. The Morgan fingerprint density at radius 3 is 2.35 bits per heavy atom. The zero-order valence-electron chi connectivity index (χ0n) is 20.9. The smallest absolute Gasteiger partial charge is 0.335 e. The molecule has 0 unspecified atom stereocenters. The highest BCUT2D eigenvalue weighted by Gasteiger charge is 2.37. The topological polar surface area (TPSA) is 123 Å². The van der Waals surface area contributed by atoms with Crippen LogP contribution in [0.2, 0.25) is 15.1 Å². The summed E-state index contributed by atoms with van der Waals surface area (Å²) < 4.78 is 16.2. The number of hydrogen-bond acceptors (Lipinski definition) is 7. The molecule has 3 aromatic rings. The maximum absolute atomic E-state index is 13.2. The van der Waals surface area contributed by atoms with E-state index in [1.807, 2.05) is 0 Å². The van der Waals surface area contributed by atoms with Gasteiger partial charge in [0.25, 0.3) is 17.7 Å². The van der Waals surface area contributed by atoms with E-state index in [0.717, 1.165) is 4.90 Å². The van der Waals surface area contributed by atoms with Gasteiger partial charge in [0.15, 0.2) is 18.1 Å². The first-order chi connectivity index (χ1) is 19.1. The second-order valence-corrected chi connectivity index (χ2v) is 9.35. The number of benzene rings is 3. The van der Waals surface area contributed by atoms with E-state index >= 15 is 0 Å². The lowest BCUT2D eigenvalue weighted by Gasteiger charge is -2.26. The molecular weight excluding hydrogens is 585 g/mol. The first-order valence-corrected chi connectivity index (χ1v) is 12.6. The van der Waals surface area contributed by atoms with Crippen molar-refractivity contribution in [2.75, 3.05) is 31.0 Å². The summed E-state index contributed by atoms with van der Waals surface area (Å²) in [5, 5.41) is 5.18. The minimum absolute atomic E-state index is 0.0392. The SMILES string of the molecule is COc1ccccc1NC(=O)COc1c(Cl)cc(/C=C2/C(=O)NC(=O)N(c3ccc(Cl)c(Cl)c3)C2=O)cc1OC. The number of carbonyl (C=O) groups excluding carboxylic acids is 4. The molecule has 10 nitrogen and oxygen atoms in total. The lowest BCUT2D eigenvalue weighted by Crippen LogP contribution is -2.54. The summed E-state index contributed by atoms with van der Waals surface area (Å²) in [6.45, 7) is -0.407. The van der Waals surface area contributed by atoms with Crippen LogP contribution in [0.4, 0.5) is 16.2 Å². The molecule has 0 spiro atoms. The number of imide groups is 2. The van der Waals surface area contributed by atoms with Crippen molar-refractivity contribution >= 4 is 76.0 Å². The number of methoxy groups -OCH3 is 2. The summed E-state index contributed by atoms with van der Waals surface area (Å²) in [4.78, 5) is 51.4. The molecule has 0 bridgehead atoms. The number of para-hydroxylation sites is 2. The Hall–Kier alpha value is -4.25. The summed E-state index contributed by atoms with van der Waals surface area (Å²) in [7, 11) is 2.84. The number of nitrogens with one attached hydrogen (secondary N) is 2. The molecule has 0 aromatic heterocycles. The molecule has 1 saturated heterocycles. The number of urea groups is 1. The van der Waals surface area contributed by atoms with Gasteiger partial charge in [-0.15, -0.1) is 0 Å². The number of rotatable bonds is 8. The third-order valence-electron chi connectivity index (χ3n) is 5.55. The van der Waals surface area contributed by atoms with E-state index in [0.29, 0.717) is 11.4 Å². The van der Waals surface area contributed by atoms with Crippen LogP contribution in [0, 0.1) is 0 Å². The third-order valence-corrected chi connectivity index (χ3v) is 6.57. The molecule has 1 aliphatic rings. The van der Waals surface area contributed by atoms with Crippen LogP contribution in [-0.2, 0) is 14.4 Å². The van der Waals surface area contributed by atoms with Gasteiger partial charge >= 0.3 is 6.03 Å². The highest BCUT2D eigenvalue weighted by Crippen LogP contribution is 2.37.